The van der Waals surface area contributed by atoms with Gasteiger partial charge in [-0.3, -0.25) is 0 Å². The van der Waals surface area contributed by atoms with Gasteiger partial charge in [0.1, 0.15) is 0 Å². The fourth-order valence-corrected chi connectivity index (χ4v) is 4.32. The summed E-state index contributed by atoms with van der Waals surface area (Å²) in [7, 11) is 0. The minimum atomic E-state index is 0.749. The molecule has 0 aromatic rings. The summed E-state index contributed by atoms with van der Waals surface area (Å²) < 4.78 is 0. The maximum absolute atomic E-state index is 5.84. The van der Waals surface area contributed by atoms with Crippen molar-refractivity contribution in [3.05, 3.63) is 0 Å². The van der Waals surface area contributed by atoms with Gasteiger partial charge in [0.15, 0.2) is 0 Å². The van der Waals surface area contributed by atoms with Crippen LogP contribution in [0.1, 0.15) is 0 Å². The van der Waals surface area contributed by atoms with Gasteiger partial charge in [-0.25, -0.2) is 0 Å². The third-order valence-electron chi connectivity index (χ3n) is 3.01. The zero-order valence-electron chi connectivity index (χ0n) is 11.0. The van der Waals surface area contributed by atoms with Crippen LogP contribution >= 0.6 is 46.7 Å². The maximum atomic E-state index is 5.84. The first kappa shape index (κ1) is 17.3. The number of alkyl halides is 2. The molecule has 18 heavy (non-hydrogen) atoms. The van der Waals surface area contributed by atoms with E-state index in [0.717, 1.165) is 24.8 Å². The molecule has 1 aliphatic heterocycles. The lowest BCUT2D eigenvalue weighted by atomic mass is 10.5. The molecule has 0 radical (unpaired) electrons. The van der Waals surface area contributed by atoms with E-state index in [2.05, 4.69) is 33.3 Å². The fraction of sp³-hybridized carbons (Fsp3) is 1.00. The van der Waals surface area contributed by atoms with Crippen molar-refractivity contribution in [2.45, 2.75) is 0 Å². The van der Waals surface area contributed by atoms with Gasteiger partial charge in [-0.2, -0.15) is 23.5 Å². The van der Waals surface area contributed by atoms with Crippen molar-refractivity contribution < 1.29 is 0 Å². The Kier molecular flexibility index (Phi) is 11.5. The molecule has 2 nitrogen and oxygen atoms in total. The Morgan fingerprint density at radius 3 is 1.28 bits per heavy atom. The molecule has 0 unspecified atom stereocenters. The molecule has 0 bridgehead atoms. The van der Waals surface area contributed by atoms with Crippen LogP contribution in [0.15, 0.2) is 0 Å². The van der Waals surface area contributed by atoms with Crippen molar-refractivity contribution in [3.8, 4) is 0 Å². The average molecular weight is 331 g/mol. The molecule has 0 amide bonds. The lowest BCUT2D eigenvalue weighted by Gasteiger charge is -2.24. The smallest absolute Gasteiger partial charge is 0.0351 e. The van der Waals surface area contributed by atoms with Crippen LogP contribution in [0, 0.1) is 0 Å². The second kappa shape index (κ2) is 12.0. The van der Waals surface area contributed by atoms with Crippen molar-refractivity contribution in [2.75, 3.05) is 74.0 Å². The zero-order valence-corrected chi connectivity index (χ0v) is 14.1. The van der Waals surface area contributed by atoms with E-state index in [4.69, 9.17) is 23.2 Å². The molecule has 108 valence electrons. The summed E-state index contributed by atoms with van der Waals surface area (Å²) in [5.41, 5.74) is 0. The predicted molar refractivity (Wildman–Crippen MR) is 89.0 cm³/mol. The summed E-state index contributed by atoms with van der Waals surface area (Å²) in [4.78, 5) is 4.98. The van der Waals surface area contributed by atoms with Gasteiger partial charge in [-0.05, 0) is 0 Å². The van der Waals surface area contributed by atoms with Crippen LogP contribution in [0.5, 0.6) is 0 Å². The Balaban J connectivity index is 2.28. The van der Waals surface area contributed by atoms with E-state index in [-0.39, 0.29) is 0 Å². The molecule has 1 rings (SSSR count). The summed E-state index contributed by atoms with van der Waals surface area (Å²) >= 11 is 15.8. The van der Waals surface area contributed by atoms with Crippen molar-refractivity contribution in [1.29, 1.82) is 0 Å². The van der Waals surface area contributed by atoms with E-state index in [0.29, 0.717) is 0 Å². The summed E-state index contributed by atoms with van der Waals surface area (Å²) in [6, 6.07) is 0. The second-order valence-corrected chi connectivity index (χ2v) is 7.49. The first-order valence-corrected chi connectivity index (χ1v) is 9.97. The van der Waals surface area contributed by atoms with E-state index in [1.165, 1.54) is 49.2 Å². The van der Waals surface area contributed by atoms with E-state index < -0.39 is 0 Å². The van der Waals surface area contributed by atoms with E-state index in [1.807, 2.05) is 0 Å². The standard InChI is InChI=1S/C12H24Cl2N2S2/c13-1-3-15-5-9-17-11-7-16(4-2-14)8-12-18-10-6-15/h1-12H2. The fourth-order valence-electron chi connectivity index (χ4n) is 1.89. The number of hydrogen-bond acceptors (Lipinski definition) is 4. The van der Waals surface area contributed by atoms with Crippen LogP contribution in [0.2, 0.25) is 0 Å². The van der Waals surface area contributed by atoms with Crippen molar-refractivity contribution >= 4 is 46.7 Å². The third kappa shape index (κ3) is 8.39. The minimum Gasteiger partial charge on any atom is -0.301 e. The molecular weight excluding hydrogens is 307 g/mol. The van der Waals surface area contributed by atoms with Gasteiger partial charge in [0.2, 0.25) is 0 Å². The van der Waals surface area contributed by atoms with Gasteiger partial charge < -0.3 is 9.80 Å². The highest BCUT2D eigenvalue weighted by Gasteiger charge is 2.08. The molecule has 0 atom stereocenters. The molecular formula is C12H24Cl2N2S2. The Labute approximate surface area is 130 Å². The lowest BCUT2D eigenvalue weighted by molar-refractivity contribution is 0.321. The number of rotatable bonds is 4. The Hall–Kier alpha value is 1.20. The number of hydrogen-bond donors (Lipinski definition) is 0. The number of nitrogens with zero attached hydrogens (tertiary/aromatic N) is 2. The largest absolute Gasteiger partial charge is 0.301 e. The highest BCUT2D eigenvalue weighted by Crippen LogP contribution is 2.08. The number of thioether (sulfide) groups is 2. The first-order chi connectivity index (χ1) is 8.86. The monoisotopic (exact) mass is 330 g/mol. The van der Waals surface area contributed by atoms with Crippen LogP contribution in [0.25, 0.3) is 0 Å². The lowest BCUT2D eigenvalue weighted by Crippen LogP contribution is -2.33. The molecule has 1 aliphatic rings. The summed E-state index contributed by atoms with van der Waals surface area (Å²) in [5, 5.41) is 0. The molecule has 0 aromatic carbocycles. The highest BCUT2D eigenvalue weighted by atomic mass is 35.5. The predicted octanol–water partition coefficient (Wildman–Crippen LogP) is 2.55. The highest BCUT2D eigenvalue weighted by molar-refractivity contribution is 7.99. The second-order valence-electron chi connectivity index (χ2n) is 4.29. The van der Waals surface area contributed by atoms with Gasteiger partial charge in [0.05, 0.1) is 0 Å². The van der Waals surface area contributed by atoms with Crippen molar-refractivity contribution in [2.24, 2.45) is 0 Å². The van der Waals surface area contributed by atoms with Crippen LogP contribution in [-0.2, 0) is 0 Å². The topological polar surface area (TPSA) is 6.48 Å². The van der Waals surface area contributed by atoms with Crippen molar-refractivity contribution in [1.82, 2.24) is 9.80 Å². The SMILES string of the molecule is ClCCN1CCSCCN(CCCl)CCSCC1. The van der Waals surface area contributed by atoms with E-state index in [9.17, 15) is 0 Å². The molecule has 1 saturated heterocycles. The van der Waals surface area contributed by atoms with Gasteiger partial charge in [0, 0.05) is 74.0 Å². The summed E-state index contributed by atoms with van der Waals surface area (Å²) in [6.07, 6.45) is 0. The average Bonchev–Trinajstić information content (AvgIpc) is 2.35. The van der Waals surface area contributed by atoms with Crippen LogP contribution in [0.4, 0.5) is 0 Å². The molecule has 1 fully saturated rings. The molecule has 0 aliphatic carbocycles. The first-order valence-electron chi connectivity index (χ1n) is 6.59. The summed E-state index contributed by atoms with van der Waals surface area (Å²) in [5.74, 6) is 6.37. The molecule has 1 heterocycles. The molecule has 0 saturated carbocycles. The van der Waals surface area contributed by atoms with Crippen LogP contribution in [0.3, 0.4) is 0 Å². The van der Waals surface area contributed by atoms with E-state index >= 15 is 0 Å². The molecule has 0 spiro atoms. The molecule has 0 aromatic heterocycles. The van der Waals surface area contributed by atoms with Crippen molar-refractivity contribution in [3.63, 3.8) is 0 Å². The van der Waals surface area contributed by atoms with Crippen LogP contribution < -0.4 is 0 Å². The van der Waals surface area contributed by atoms with Crippen LogP contribution in [-0.4, -0.2) is 83.8 Å². The molecule has 0 N–H and O–H groups in total. The Bertz CT molecular complexity index is 167. The number of halogens is 2. The van der Waals surface area contributed by atoms with Gasteiger partial charge in [-0.15, -0.1) is 23.2 Å². The zero-order chi connectivity index (χ0) is 13.1. The normalized spacial score (nSPS) is 22.3. The van der Waals surface area contributed by atoms with Gasteiger partial charge in [0.25, 0.3) is 0 Å². The minimum absolute atomic E-state index is 0.749. The van der Waals surface area contributed by atoms with Gasteiger partial charge >= 0.3 is 0 Å². The van der Waals surface area contributed by atoms with Gasteiger partial charge in [-0.1, -0.05) is 0 Å². The Morgan fingerprint density at radius 1 is 0.667 bits per heavy atom. The Morgan fingerprint density at radius 2 is 1.00 bits per heavy atom. The molecule has 6 heteroatoms. The third-order valence-corrected chi connectivity index (χ3v) is 5.23. The maximum Gasteiger partial charge on any atom is 0.0351 e. The summed E-state index contributed by atoms with van der Waals surface area (Å²) in [6.45, 7) is 6.75. The quantitative estimate of drug-likeness (QED) is 0.730. The van der Waals surface area contributed by atoms with E-state index in [1.54, 1.807) is 0 Å².